The fourth-order valence-electron chi connectivity index (χ4n) is 0.952. The van der Waals surface area contributed by atoms with Gasteiger partial charge in [-0.2, -0.15) is 0 Å². The molecule has 0 bridgehead atoms. The summed E-state index contributed by atoms with van der Waals surface area (Å²) < 4.78 is 0. The van der Waals surface area contributed by atoms with E-state index in [-0.39, 0.29) is 11.8 Å². The van der Waals surface area contributed by atoms with E-state index < -0.39 is 10.8 Å². The minimum Gasteiger partial charge on any atom is -0.354 e. The molecule has 0 aliphatic rings. The van der Waals surface area contributed by atoms with Crippen molar-refractivity contribution in [1.29, 1.82) is 0 Å². The molecular formula is C12H22Br2N2O2. The zero-order chi connectivity index (χ0) is 14.4. The van der Waals surface area contributed by atoms with Crippen LogP contribution in [0.15, 0.2) is 0 Å². The average Bonchev–Trinajstić information content (AvgIpc) is 2.33. The van der Waals surface area contributed by atoms with Crippen molar-refractivity contribution in [3.63, 3.8) is 0 Å². The fraction of sp³-hybridized carbons (Fsp3) is 0.833. The van der Waals surface area contributed by atoms with E-state index in [1.807, 2.05) is 27.7 Å². The van der Waals surface area contributed by atoms with Crippen molar-refractivity contribution < 1.29 is 9.59 Å². The summed E-state index contributed by atoms with van der Waals surface area (Å²) in [7, 11) is 0. The topological polar surface area (TPSA) is 58.2 Å². The third kappa shape index (κ3) is 5.69. The Balaban J connectivity index is 3.96. The molecule has 0 spiro atoms. The van der Waals surface area contributed by atoms with Crippen LogP contribution in [0.1, 0.15) is 27.7 Å². The van der Waals surface area contributed by atoms with Crippen molar-refractivity contribution in [2.75, 3.05) is 23.7 Å². The first kappa shape index (κ1) is 17.9. The third-order valence-corrected chi connectivity index (χ3v) is 5.40. The molecule has 0 heterocycles. The molecule has 0 aliphatic heterocycles. The number of carbonyl (C=O) groups is 2. The molecule has 0 aromatic carbocycles. The molecule has 0 radical (unpaired) electrons. The minimum absolute atomic E-state index is 0.0200. The Morgan fingerprint density at radius 2 is 1.11 bits per heavy atom. The number of hydrogen-bond acceptors (Lipinski definition) is 2. The summed E-state index contributed by atoms with van der Waals surface area (Å²) in [6.45, 7) is 8.35. The summed E-state index contributed by atoms with van der Waals surface area (Å²) in [6.07, 6.45) is 0. The minimum atomic E-state index is -0.431. The van der Waals surface area contributed by atoms with Crippen LogP contribution in [0.4, 0.5) is 0 Å². The molecule has 0 rings (SSSR count). The van der Waals surface area contributed by atoms with Crippen LogP contribution in [-0.2, 0) is 9.59 Å². The van der Waals surface area contributed by atoms with Crippen molar-refractivity contribution in [3.05, 3.63) is 0 Å². The van der Waals surface area contributed by atoms with Gasteiger partial charge < -0.3 is 10.6 Å². The number of hydrogen-bond donors (Lipinski definition) is 2. The summed E-state index contributed by atoms with van der Waals surface area (Å²) in [5.41, 5.74) is -0.863. The number of amides is 2. The molecule has 0 saturated carbocycles. The second-order valence-electron chi connectivity index (χ2n) is 5.55. The van der Waals surface area contributed by atoms with Gasteiger partial charge in [0.1, 0.15) is 0 Å². The Kier molecular flexibility index (Phi) is 7.44. The van der Waals surface area contributed by atoms with E-state index in [1.165, 1.54) is 0 Å². The van der Waals surface area contributed by atoms with Gasteiger partial charge in [0.15, 0.2) is 0 Å². The number of carbonyl (C=O) groups excluding carboxylic acids is 2. The lowest BCUT2D eigenvalue weighted by Gasteiger charge is -2.22. The van der Waals surface area contributed by atoms with Crippen LogP contribution in [0.3, 0.4) is 0 Å². The molecule has 6 heteroatoms. The summed E-state index contributed by atoms with van der Waals surface area (Å²) >= 11 is 6.61. The van der Waals surface area contributed by atoms with Crippen LogP contribution >= 0.6 is 31.9 Å². The van der Waals surface area contributed by atoms with Gasteiger partial charge in [0, 0.05) is 23.7 Å². The van der Waals surface area contributed by atoms with Gasteiger partial charge in [-0.25, -0.2) is 0 Å². The number of halogens is 2. The van der Waals surface area contributed by atoms with E-state index >= 15 is 0 Å². The van der Waals surface area contributed by atoms with E-state index in [2.05, 4.69) is 42.5 Å². The van der Waals surface area contributed by atoms with E-state index in [1.54, 1.807) is 0 Å². The summed E-state index contributed by atoms with van der Waals surface area (Å²) in [6, 6.07) is 0. The van der Waals surface area contributed by atoms with Gasteiger partial charge in [0.2, 0.25) is 11.8 Å². The summed E-state index contributed by atoms with van der Waals surface area (Å²) in [5, 5.41) is 6.82. The third-order valence-electron chi connectivity index (χ3n) is 2.59. The van der Waals surface area contributed by atoms with Crippen molar-refractivity contribution >= 4 is 43.7 Å². The molecule has 0 aromatic rings. The first-order chi connectivity index (χ1) is 8.17. The van der Waals surface area contributed by atoms with Crippen molar-refractivity contribution in [2.45, 2.75) is 27.7 Å². The molecule has 0 aliphatic carbocycles. The highest BCUT2D eigenvalue weighted by molar-refractivity contribution is 9.09. The van der Waals surface area contributed by atoms with Crippen LogP contribution in [0.2, 0.25) is 0 Å². The van der Waals surface area contributed by atoms with Gasteiger partial charge in [-0.05, 0) is 0 Å². The molecule has 0 atom stereocenters. The van der Waals surface area contributed by atoms with Crippen LogP contribution in [0.5, 0.6) is 0 Å². The number of alkyl halides is 2. The van der Waals surface area contributed by atoms with E-state index in [0.29, 0.717) is 23.7 Å². The molecule has 0 saturated heterocycles. The highest BCUT2D eigenvalue weighted by Crippen LogP contribution is 2.18. The zero-order valence-corrected chi connectivity index (χ0v) is 14.6. The Bertz CT molecular complexity index is 274. The van der Waals surface area contributed by atoms with E-state index in [9.17, 15) is 9.59 Å². The molecule has 2 amide bonds. The Labute approximate surface area is 126 Å². The molecule has 0 aromatic heterocycles. The quantitative estimate of drug-likeness (QED) is 0.520. The maximum Gasteiger partial charge on any atom is 0.226 e. The van der Waals surface area contributed by atoms with Gasteiger partial charge in [0.05, 0.1) is 10.8 Å². The van der Waals surface area contributed by atoms with Crippen LogP contribution < -0.4 is 10.6 Å². The number of nitrogens with one attached hydrogen (secondary N) is 2. The molecule has 106 valence electrons. The van der Waals surface area contributed by atoms with E-state index in [0.717, 1.165) is 0 Å². The smallest absolute Gasteiger partial charge is 0.226 e. The Morgan fingerprint density at radius 1 is 0.833 bits per heavy atom. The van der Waals surface area contributed by atoms with Gasteiger partial charge in [-0.1, -0.05) is 59.6 Å². The normalized spacial score (nSPS) is 12.1. The molecule has 0 unspecified atom stereocenters. The van der Waals surface area contributed by atoms with Gasteiger partial charge in [-0.15, -0.1) is 0 Å². The van der Waals surface area contributed by atoms with E-state index in [4.69, 9.17) is 0 Å². The first-order valence-corrected chi connectivity index (χ1v) is 8.10. The molecule has 0 fully saturated rings. The van der Waals surface area contributed by atoms with Crippen molar-refractivity contribution in [1.82, 2.24) is 10.6 Å². The first-order valence-electron chi connectivity index (χ1n) is 5.86. The van der Waals surface area contributed by atoms with Crippen LogP contribution in [0, 0.1) is 10.8 Å². The molecular weight excluding hydrogens is 364 g/mol. The number of rotatable bonds is 7. The SMILES string of the molecule is CC(C)(CBr)C(=O)NCCNC(=O)C(C)(C)CBr. The second-order valence-corrected chi connectivity index (χ2v) is 6.67. The van der Waals surface area contributed by atoms with Gasteiger partial charge in [-0.3, -0.25) is 9.59 Å². The summed E-state index contributed by atoms with van der Waals surface area (Å²) in [4.78, 5) is 23.5. The van der Waals surface area contributed by atoms with Gasteiger partial charge >= 0.3 is 0 Å². The van der Waals surface area contributed by atoms with Crippen molar-refractivity contribution in [2.24, 2.45) is 10.8 Å². The predicted molar refractivity (Wildman–Crippen MR) is 81.2 cm³/mol. The molecule has 2 N–H and O–H groups in total. The largest absolute Gasteiger partial charge is 0.354 e. The lowest BCUT2D eigenvalue weighted by molar-refractivity contribution is -0.129. The molecule has 18 heavy (non-hydrogen) atoms. The second kappa shape index (κ2) is 7.48. The highest BCUT2D eigenvalue weighted by atomic mass is 79.9. The van der Waals surface area contributed by atoms with Crippen LogP contribution in [0.25, 0.3) is 0 Å². The van der Waals surface area contributed by atoms with Gasteiger partial charge in [0.25, 0.3) is 0 Å². The average molecular weight is 386 g/mol. The van der Waals surface area contributed by atoms with Crippen molar-refractivity contribution in [3.8, 4) is 0 Å². The van der Waals surface area contributed by atoms with Crippen LogP contribution in [-0.4, -0.2) is 35.6 Å². The summed E-state index contributed by atoms with van der Waals surface area (Å²) in [5.74, 6) is -0.0400. The zero-order valence-electron chi connectivity index (χ0n) is 11.4. The maximum absolute atomic E-state index is 11.7. The Hall–Kier alpha value is -0.100. The maximum atomic E-state index is 11.7. The fourth-order valence-corrected chi connectivity index (χ4v) is 1.46. The Morgan fingerprint density at radius 3 is 1.33 bits per heavy atom. The monoisotopic (exact) mass is 384 g/mol. The molecule has 4 nitrogen and oxygen atoms in total. The standard InChI is InChI=1S/C12H22Br2N2O2/c1-11(2,7-13)9(17)15-5-6-16-10(18)12(3,4)8-14/h5-8H2,1-4H3,(H,15,17)(H,16,18). The predicted octanol–water partition coefficient (Wildman–Crippen LogP) is 2.06. The lowest BCUT2D eigenvalue weighted by Crippen LogP contribution is -2.44. The highest BCUT2D eigenvalue weighted by Gasteiger charge is 2.27. The lowest BCUT2D eigenvalue weighted by atomic mass is 9.95.